The van der Waals surface area contributed by atoms with Crippen molar-refractivity contribution in [3.05, 3.63) is 70.8 Å². The minimum absolute atomic E-state index is 0.0309. The van der Waals surface area contributed by atoms with Crippen LogP contribution >= 0.6 is 0 Å². The van der Waals surface area contributed by atoms with Gasteiger partial charge in [0.05, 0.1) is 13.2 Å². The molecule has 0 bridgehead atoms. The fraction of sp³-hybridized carbons (Fsp3) is 0.435. The number of amides is 1. The third kappa shape index (κ3) is 5.41. The lowest BCUT2D eigenvalue weighted by atomic mass is 9.87. The van der Waals surface area contributed by atoms with Gasteiger partial charge in [-0.1, -0.05) is 57.2 Å². The van der Waals surface area contributed by atoms with Crippen molar-refractivity contribution in [2.75, 3.05) is 26.3 Å². The standard InChI is InChI=1S/C23H30N2O2/c1-23(2,3)21-10-8-18(9-11-21)22(26)24-16-19-6-4-5-7-20(19)17-25-12-14-27-15-13-25/h4-11H,12-17H2,1-3H3,(H,24,26). The largest absolute Gasteiger partial charge is 0.379 e. The van der Waals surface area contributed by atoms with Crippen LogP contribution in [0.4, 0.5) is 0 Å². The van der Waals surface area contributed by atoms with Gasteiger partial charge in [-0.2, -0.15) is 0 Å². The maximum Gasteiger partial charge on any atom is 0.251 e. The topological polar surface area (TPSA) is 41.6 Å². The summed E-state index contributed by atoms with van der Waals surface area (Å²) in [4.78, 5) is 14.9. The fourth-order valence-corrected chi connectivity index (χ4v) is 3.28. The Balaban J connectivity index is 1.61. The van der Waals surface area contributed by atoms with Crippen molar-refractivity contribution in [1.29, 1.82) is 0 Å². The van der Waals surface area contributed by atoms with Crippen LogP contribution in [0.3, 0.4) is 0 Å². The summed E-state index contributed by atoms with van der Waals surface area (Å²) in [7, 11) is 0. The van der Waals surface area contributed by atoms with Crippen LogP contribution in [0.5, 0.6) is 0 Å². The van der Waals surface area contributed by atoms with Crippen LogP contribution in [0.15, 0.2) is 48.5 Å². The summed E-state index contributed by atoms with van der Waals surface area (Å²) in [5.74, 6) is -0.0309. The zero-order valence-electron chi connectivity index (χ0n) is 16.6. The van der Waals surface area contributed by atoms with E-state index in [1.165, 1.54) is 16.7 Å². The van der Waals surface area contributed by atoms with Crippen molar-refractivity contribution in [2.24, 2.45) is 0 Å². The van der Waals surface area contributed by atoms with Crippen molar-refractivity contribution in [1.82, 2.24) is 10.2 Å². The van der Waals surface area contributed by atoms with E-state index in [0.29, 0.717) is 12.1 Å². The molecule has 0 spiro atoms. The molecule has 4 heteroatoms. The Labute approximate surface area is 162 Å². The van der Waals surface area contributed by atoms with E-state index >= 15 is 0 Å². The van der Waals surface area contributed by atoms with E-state index in [4.69, 9.17) is 4.74 Å². The molecule has 27 heavy (non-hydrogen) atoms. The number of rotatable bonds is 5. The number of morpholine rings is 1. The van der Waals surface area contributed by atoms with Crippen LogP contribution in [-0.4, -0.2) is 37.1 Å². The number of ether oxygens (including phenoxy) is 1. The average molecular weight is 367 g/mol. The summed E-state index contributed by atoms with van der Waals surface area (Å²) >= 11 is 0. The molecule has 0 aromatic heterocycles. The Morgan fingerprint density at radius 2 is 1.63 bits per heavy atom. The minimum Gasteiger partial charge on any atom is -0.379 e. The first-order chi connectivity index (χ1) is 12.9. The van der Waals surface area contributed by atoms with Gasteiger partial charge >= 0.3 is 0 Å². The third-order valence-electron chi connectivity index (χ3n) is 5.07. The molecule has 144 valence electrons. The summed E-state index contributed by atoms with van der Waals surface area (Å²) < 4.78 is 5.43. The summed E-state index contributed by atoms with van der Waals surface area (Å²) in [5, 5.41) is 3.07. The summed E-state index contributed by atoms with van der Waals surface area (Å²) in [6.45, 7) is 11.5. The van der Waals surface area contributed by atoms with Gasteiger partial charge in [0.1, 0.15) is 0 Å². The van der Waals surface area contributed by atoms with Gasteiger partial charge in [0.15, 0.2) is 0 Å². The Hall–Kier alpha value is -2.17. The van der Waals surface area contributed by atoms with E-state index in [0.717, 1.165) is 32.8 Å². The molecular weight excluding hydrogens is 336 g/mol. The molecule has 0 unspecified atom stereocenters. The molecule has 1 amide bonds. The highest BCUT2D eigenvalue weighted by atomic mass is 16.5. The molecule has 3 rings (SSSR count). The quantitative estimate of drug-likeness (QED) is 0.876. The van der Waals surface area contributed by atoms with Gasteiger partial charge in [-0.15, -0.1) is 0 Å². The first-order valence-corrected chi connectivity index (χ1v) is 9.69. The predicted molar refractivity (Wildman–Crippen MR) is 109 cm³/mol. The molecule has 2 aromatic rings. The predicted octanol–water partition coefficient (Wildman–Crippen LogP) is 3.75. The van der Waals surface area contributed by atoms with Crippen molar-refractivity contribution in [3.63, 3.8) is 0 Å². The smallest absolute Gasteiger partial charge is 0.251 e. The van der Waals surface area contributed by atoms with Crippen LogP contribution in [0.2, 0.25) is 0 Å². The van der Waals surface area contributed by atoms with Crippen molar-refractivity contribution < 1.29 is 9.53 Å². The molecule has 1 N–H and O–H groups in total. The lowest BCUT2D eigenvalue weighted by Crippen LogP contribution is -2.36. The molecule has 1 aliphatic heterocycles. The summed E-state index contributed by atoms with van der Waals surface area (Å²) in [6.07, 6.45) is 0. The molecule has 0 radical (unpaired) electrons. The lowest BCUT2D eigenvalue weighted by molar-refractivity contribution is 0.0340. The fourth-order valence-electron chi connectivity index (χ4n) is 3.28. The van der Waals surface area contributed by atoms with Gasteiger partial charge in [0.25, 0.3) is 5.91 Å². The lowest BCUT2D eigenvalue weighted by Gasteiger charge is -2.27. The molecule has 1 aliphatic rings. The van der Waals surface area contributed by atoms with E-state index in [1.807, 2.05) is 30.3 Å². The highest BCUT2D eigenvalue weighted by Gasteiger charge is 2.15. The first kappa shape index (κ1) is 19.6. The van der Waals surface area contributed by atoms with Crippen LogP contribution in [0.25, 0.3) is 0 Å². The number of benzene rings is 2. The van der Waals surface area contributed by atoms with Gasteiger partial charge in [0.2, 0.25) is 0 Å². The Morgan fingerprint density at radius 3 is 2.26 bits per heavy atom. The van der Waals surface area contributed by atoms with Crippen LogP contribution in [-0.2, 0) is 23.2 Å². The highest BCUT2D eigenvalue weighted by molar-refractivity contribution is 5.94. The molecule has 1 fully saturated rings. The second kappa shape index (κ2) is 8.68. The van der Waals surface area contributed by atoms with Crippen molar-refractivity contribution >= 4 is 5.91 Å². The van der Waals surface area contributed by atoms with Crippen molar-refractivity contribution in [2.45, 2.75) is 39.3 Å². The minimum atomic E-state index is -0.0309. The molecule has 0 saturated carbocycles. The van der Waals surface area contributed by atoms with Gasteiger partial charge in [-0.3, -0.25) is 9.69 Å². The summed E-state index contributed by atoms with van der Waals surface area (Å²) in [5.41, 5.74) is 4.46. The number of hydrogen-bond donors (Lipinski definition) is 1. The first-order valence-electron chi connectivity index (χ1n) is 9.69. The van der Waals surface area contributed by atoms with E-state index in [9.17, 15) is 4.79 Å². The zero-order chi connectivity index (χ0) is 19.3. The van der Waals surface area contributed by atoms with Crippen LogP contribution < -0.4 is 5.32 Å². The molecule has 0 atom stereocenters. The van der Waals surface area contributed by atoms with Crippen LogP contribution in [0.1, 0.15) is 47.8 Å². The Morgan fingerprint density at radius 1 is 1.00 bits per heavy atom. The van der Waals surface area contributed by atoms with Gasteiger partial charge in [0, 0.05) is 31.7 Å². The highest BCUT2D eigenvalue weighted by Crippen LogP contribution is 2.22. The normalized spacial score (nSPS) is 15.5. The van der Waals surface area contributed by atoms with Gasteiger partial charge in [-0.25, -0.2) is 0 Å². The third-order valence-corrected chi connectivity index (χ3v) is 5.07. The molecule has 1 heterocycles. The molecule has 1 saturated heterocycles. The van der Waals surface area contributed by atoms with Gasteiger partial charge in [-0.05, 0) is 34.2 Å². The zero-order valence-corrected chi connectivity index (χ0v) is 16.6. The number of nitrogens with one attached hydrogen (secondary N) is 1. The van der Waals surface area contributed by atoms with E-state index in [-0.39, 0.29) is 11.3 Å². The second-order valence-corrected chi connectivity index (χ2v) is 8.17. The maximum atomic E-state index is 12.5. The number of carbonyl (C=O) groups is 1. The molecule has 4 nitrogen and oxygen atoms in total. The molecule has 0 aliphatic carbocycles. The number of nitrogens with zero attached hydrogens (tertiary/aromatic N) is 1. The second-order valence-electron chi connectivity index (χ2n) is 8.17. The number of hydrogen-bond acceptors (Lipinski definition) is 3. The van der Waals surface area contributed by atoms with Gasteiger partial charge < -0.3 is 10.1 Å². The average Bonchev–Trinajstić information content (AvgIpc) is 2.67. The monoisotopic (exact) mass is 366 g/mol. The Kier molecular flexibility index (Phi) is 6.30. The maximum absolute atomic E-state index is 12.5. The molecular formula is C23H30N2O2. The van der Waals surface area contributed by atoms with Crippen LogP contribution in [0, 0.1) is 0 Å². The summed E-state index contributed by atoms with van der Waals surface area (Å²) in [6, 6.07) is 16.2. The van der Waals surface area contributed by atoms with E-state index < -0.39 is 0 Å². The Bertz CT molecular complexity index is 757. The SMILES string of the molecule is CC(C)(C)c1ccc(C(=O)NCc2ccccc2CN2CCOCC2)cc1. The van der Waals surface area contributed by atoms with E-state index in [2.05, 4.69) is 49.2 Å². The van der Waals surface area contributed by atoms with Crippen molar-refractivity contribution in [3.8, 4) is 0 Å². The molecule has 2 aromatic carbocycles. The van der Waals surface area contributed by atoms with E-state index in [1.54, 1.807) is 0 Å². The number of carbonyl (C=O) groups excluding carboxylic acids is 1.